The Bertz CT molecular complexity index is 971. The van der Waals surface area contributed by atoms with Gasteiger partial charge >= 0.3 is 5.97 Å². The molecule has 0 saturated carbocycles. The highest BCUT2D eigenvalue weighted by molar-refractivity contribution is 7.16. The van der Waals surface area contributed by atoms with Crippen LogP contribution in [0.25, 0.3) is 0 Å². The van der Waals surface area contributed by atoms with E-state index in [2.05, 4.69) is 17.2 Å². The minimum Gasteiger partial charge on any atom is -0.462 e. The molecule has 0 spiro atoms. The highest BCUT2D eigenvalue weighted by Gasteiger charge is 2.22. The summed E-state index contributed by atoms with van der Waals surface area (Å²) in [6, 6.07) is 14.9. The molecule has 7 heteroatoms. The van der Waals surface area contributed by atoms with Gasteiger partial charge in [-0.15, -0.1) is 11.3 Å². The van der Waals surface area contributed by atoms with Crippen molar-refractivity contribution in [2.75, 3.05) is 11.9 Å². The molecule has 2 heterocycles. The van der Waals surface area contributed by atoms with E-state index in [0.29, 0.717) is 21.3 Å². The fraction of sp³-hybridized carbons (Fsp3) is 0.190. The van der Waals surface area contributed by atoms with Crippen LogP contribution in [0.3, 0.4) is 0 Å². The molecular weight excluding hydrogens is 396 g/mol. The zero-order valence-electron chi connectivity index (χ0n) is 15.4. The SMILES string of the molecule is CCOC(=O)c1cc([C@H](C)c2ccccc2)sc1NC(=O)c1ccc(Cl)nc1. The van der Waals surface area contributed by atoms with Gasteiger partial charge in [-0.1, -0.05) is 48.9 Å². The third kappa shape index (κ3) is 4.58. The first-order chi connectivity index (χ1) is 13.5. The molecule has 0 bridgehead atoms. The molecule has 3 aromatic rings. The van der Waals surface area contributed by atoms with Crippen LogP contribution < -0.4 is 5.32 Å². The largest absolute Gasteiger partial charge is 0.462 e. The van der Waals surface area contributed by atoms with Gasteiger partial charge in [-0.25, -0.2) is 9.78 Å². The number of benzene rings is 1. The Balaban J connectivity index is 1.92. The van der Waals surface area contributed by atoms with Crippen molar-refractivity contribution in [1.29, 1.82) is 0 Å². The molecule has 1 amide bonds. The van der Waals surface area contributed by atoms with Crippen LogP contribution in [0.15, 0.2) is 54.7 Å². The number of anilines is 1. The second-order valence-corrected chi connectivity index (χ2v) is 7.54. The van der Waals surface area contributed by atoms with Gasteiger partial charge in [0.15, 0.2) is 0 Å². The van der Waals surface area contributed by atoms with Crippen LogP contribution in [-0.2, 0) is 4.74 Å². The first-order valence-corrected chi connectivity index (χ1v) is 9.97. The summed E-state index contributed by atoms with van der Waals surface area (Å²) in [4.78, 5) is 29.8. The highest BCUT2D eigenvalue weighted by Crippen LogP contribution is 2.36. The number of thiophene rings is 1. The lowest BCUT2D eigenvalue weighted by Gasteiger charge is -2.09. The molecule has 144 valence electrons. The summed E-state index contributed by atoms with van der Waals surface area (Å²) in [5.74, 6) is -0.757. The van der Waals surface area contributed by atoms with Gasteiger partial charge < -0.3 is 10.1 Å². The highest BCUT2D eigenvalue weighted by atomic mass is 35.5. The lowest BCUT2D eigenvalue weighted by molar-refractivity contribution is 0.0528. The summed E-state index contributed by atoms with van der Waals surface area (Å²) in [6.45, 7) is 4.06. The smallest absolute Gasteiger partial charge is 0.341 e. The molecule has 2 aromatic heterocycles. The number of amides is 1. The first-order valence-electron chi connectivity index (χ1n) is 8.78. The molecule has 1 N–H and O–H groups in total. The van der Waals surface area contributed by atoms with Gasteiger partial charge in [0.1, 0.15) is 10.2 Å². The van der Waals surface area contributed by atoms with Crippen LogP contribution >= 0.6 is 22.9 Å². The second kappa shape index (κ2) is 8.99. The average molecular weight is 415 g/mol. The number of pyridine rings is 1. The normalized spacial score (nSPS) is 11.7. The lowest BCUT2D eigenvalue weighted by Crippen LogP contribution is -2.14. The molecule has 0 aliphatic heterocycles. The van der Waals surface area contributed by atoms with Crippen molar-refractivity contribution in [3.63, 3.8) is 0 Å². The van der Waals surface area contributed by atoms with Crippen LogP contribution in [0.4, 0.5) is 5.00 Å². The Morgan fingerprint density at radius 2 is 1.96 bits per heavy atom. The fourth-order valence-corrected chi connectivity index (χ4v) is 3.90. The number of ether oxygens (including phenoxy) is 1. The number of aromatic nitrogens is 1. The van der Waals surface area contributed by atoms with Gasteiger partial charge in [0.05, 0.1) is 17.7 Å². The minimum atomic E-state index is -0.463. The van der Waals surface area contributed by atoms with E-state index in [1.807, 2.05) is 30.3 Å². The molecular formula is C21H19ClN2O3S. The molecule has 5 nitrogen and oxygen atoms in total. The van der Waals surface area contributed by atoms with Gasteiger partial charge in [0, 0.05) is 17.0 Å². The predicted octanol–water partition coefficient (Wildman–Crippen LogP) is 5.38. The van der Waals surface area contributed by atoms with Gasteiger partial charge in [-0.3, -0.25) is 4.79 Å². The van der Waals surface area contributed by atoms with Crippen molar-refractivity contribution in [3.8, 4) is 0 Å². The molecule has 1 atom stereocenters. The molecule has 3 rings (SSSR count). The van der Waals surface area contributed by atoms with E-state index in [0.717, 1.165) is 10.4 Å². The maximum atomic E-state index is 12.6. The maximum absolute atomic E-state index is 12.6. The van der Waals surface area contributed by atoms with E-state index in [4.69, 9.17) is 16.3 Å². The number of esters is 1. The van der Waals surface area contributed by atoms with Crippen LogP contribution in [0.5, 0.6) is 0 Å². The summed E-state index contributed by atoms with van der Waals surface area (Å²) in [6.07, 6.45) is 1.39. The standard InChI is InChI=1S/C21H19ClN2O3S/c1-3-27-21(26)16-11-17(13(2)14-7-5-4-6-8-14)28-20(16)24-19(25)15-9-10-18(22)23-12-15/h4-13H,3H2,1-2H3,(H,24,25)/t13-/m1/s1. The first kappa shape index (κ1) is 20.0. The van der Waals surface area contributed by atoms with E-state index in [1.165, 1.54) is 17.5 Å². The van der Waals surface area contributed by atoms with E-state index in [1.54, 1.807) is 25.1 Å². The monoisotopic (exact) mass is 414 g/mol. The molecule has 0 fully saturated rings. The Morgan fingerprint density at radius 3 is 2.61 bits per heavy atom. The molecule has 0 aliphatic rings. The van der Waals surface area contributed by atoms with Gasteiger partial charge in [-0.2, -0.15) is 0 Å². The summed E-state index contributed by atoms with van der Waals surface area (Å²) >= 11 is 7.14. The van der Waals surface area contributed by atoms with E-state index in [9.17, 15) is 9.59 Å². The molecule has 0 unspecified atom stereocenters. The van der Waals surface area contributed by atoms with Crippen molar-refractivity contribution in [1.82, 2.24) is 4.98 Å². The van der Waals surface area contributed by atoms with Crippen molar-refractivity contribution >= 4 is 39.8 Å². The zero-order chi connectivity index (χ0) is 20.1. The topological polar surface area (TPSA) is 68.3 Å². The number of hydrogen-bond acceptors (Lipinski definition) is 5. The van der Waals surface area contributed by atoms with Crippen molar-refractivity contribution in [2.24, 2.45) is 0 Å². The van der Waals surface area contributed by atoms with Crippen LogP contribution in [0.2, 0.25) is 5.15 Å². The van der Waals surface area contributed by atoms with Crippen molar-refractivity contribution in [2.45, 2.75) is 19.8 Å². The molecule has 1 aromatic carbocycles. The Kier molecular flexibility index (Phi) is 6.44. The summed E-state index contributed by atoms with van der Waals surface area (Å²) in [5.41, 5.74) is 1.82. The number of carbonyl (C=O) groups excluding carboxylic acids is 2. The second-order valence-electron chi connectivity index (χ2n) is 6.07. The maximum Gasteiger partial charge on any atom is 0.341 e. The third-order valence-electron chi connectivity index (χ3n) is 4.19. The van der Waals surface area contributed by atoms with Crippen LogP contribution in [0, 0.1) is 0 Å². The quantitative estimate of drug-likeness (QED) is 0.434. The molecule has 0 saturated heterocycles. The number of hydrogen-bond donors (Lipinski definition) is 1. The molecule has 0 aliphatic carbocycles. The summed E-state index contributed by atoms with van der Waals surface area (Å²) in [7, 11) is 0. The Morgan fingerprint density at radius 1 is 1.21 bits per heavy atom. The number of halogens is 1. The van der Waals surface area contributed by atoms with Crippen molar-refractivity contribution in [3.05, 3.63) is 81.4 Å². The van der Waals surface area contributed by atoms with Crippen molar-refractivity contribution < 1.29 is 14.3 Å². The number of nitrogens with one attached hydrogen (secondary N) is 1. The average Bonchev–Trinajstić information content (AvgIpc) is 3.12. The number of carbonyl (C=O) groups is 2. The lowest BCUT2D eigenvalue weighted by atomic mass is 9.99. The third-order valence-corrected chi connectivity index (χ3v) is 5.65. The predicted molar refractivity (Wildman–Crippen MR) is 111 cm³/mol. The molecule has 0 radical (unpaired) electrons. The van der Waals surface area contributed by atoms with E-state index >= 15 is 0 Å². The fourth-order valence-electron chi connectivity index (χ4n) is 2.67. The number of rotatable bonds is 6. The minimum absolute atomic E-state index is 0.0715. The van der Waals surface area contributed by atoms with E-state index in [-0.39, 0.29) is 18.4 Å². The zero-order valence-corrected chi connectivity index (χ0v) is 17.0. The Hall–Kier alpha value is -2.70. The summed E-state index contributed by atoms with van der Waals surface area (Å²) < 4.78 is 5.16. The Labute approximate surface area is 172 Å². The van der Waals surface area contributed by atoms with Crippen LogP contribution in [-0.4, -0.2) is 23.5 Å². The summed E-state index contributed by atoms with van der Waals surface area (Å²) in [5, 5.41) is 3.57. The van der Waals surface area contributed by atoms with Gasteiger partial charge in [-0.05, 0) is 30.7 Å². The van der Waals surface area contributed by atoms with Crippen LogP contribution in [0.1, 0.15) is 50.9 Å². The van der Waals surface area contributed by atoms with E-state index < -0.39 is 5.97 Å². The number of nitrogens with zero attached hydrogens (tertiary/aromatic N) is 1. The van der Waals surface area contributed by atoms with Gasteiger partial charge in [0.2, 0.25) is 0 Å². The van der Waals surface area contributed by atoms with Gasteiger partial charge in [0.25, 0.3) is 5.91 Å². The molecule has 28 heavy (non-hydrogen) atoms.